The number of ether oxygens (including phenoxy) is 2. The van der Waals surface area contributed by atoms with E-state index in [1.54, 1.807) is 44.6 Å². The van der Waals surface area contributed by atoms with Gasteiger partial charge in [0.2, 0.25) is 0 Å². The third-order valence-electron chi connectivity index (χ3n) is 2.73. The van der Waals surface area contributed by atoms with Gasteiger partial charge in [-0.05, 0) is 24.3 Å². The summed E-state index contributed by atoms with van der Waals surface area (Å²) >= 11 is 0. The van der Waals surface area contributed by atoms with Gasteiger partial charge in [-0.1, -0.05) is 6.07 Å². The second-order valence-corrected chi connectivity index (χ2v) is 3.89. The van der Waals surface area contributed by atoms with E-state index in [1.807, 2.05) is 0 Å². The summed E-state index contributed by atoms with van der Waals surface area (Å²) in [6.45, 7) is 0. The maximum absolute atomic E-state index is 13.4. The summed E-state index contributed by atoms with van der Waals surface area (Å²) in [6, 6.07) is 9.89. The van der Waals surface area contributed by atoms with Crippen molar-refractivity contribution in [1.82, 2.24) is 0 Å². The van der Waals surface area contributed by atoms with Crippen LogP contribution in [0.2, 0.25) is 0 Å². The van der Waals surface area contributed by atoms with Crippen LogP contribution in [0.25, 0.3) is 0 Å². The molecule has 2 rings (SSSR count). The van der Waals surface area contributed by atoms with Gasteiger partial charge in [0.05, 0.1) is 31.3 Å². The molecule has 0 amide bonds. The molecule has 2 aromatic carbocycles. The predicted molar refractivity (Wildman–Crippen MR) is 73.6 cm³/mol. The molecule has 0 aromatic heterocycles. The molecule has 3 N–H and O–H groups in total. The van der Waals surface area contributed by atoms with Crippen molar-refractivity contribution < 1.29 is 13.9 Å². The van der Waals surface area contributed by atoms with Gasteiger partial charge >= 0.3 is 0 Å². The molecule has 100 valence electrons. The lowest BCUT2D eigenvalue weighted by Gasteiger charge is -2.14. The summed E-state index contributed by atoms with van der Waals surface area (Å²) in [5.74, 6) is 0.801. The topological polar surface area (TPSA) is 56.5 Å². The molecular formula is C14H15FN2O2. The van der Waals surface area contributed by atoms with Gasteiger partial charge in [0.1, 0.15) is 17.3 Å². The highest BCUT2D eigenvalue weighted by Gasteiger charge is 2.09. The third-order valence-corrected chi connectivity index (χ3v) is 2.73. The summed E-state index contributed by atoms with van der Waals surface area (Å²) in [7, 11) is 3.13. The molecule has 0 radical (unpaired) electrons. The van der Waals surface area contributed by atoms with E-state index in [0.717, 1.165) is 0 Å². The first-order chi connectivity index (χ1) is 9.15. The number of hydrogen-bond donors (Lipinski definition) is 2. The Morgan fingerprint density at radius 2 is 1.84 bits per heavy atom. The van der Waals surface area contributed by atoms with Gasteiger partial charge in [-0.3, -0.25) is 0 Å². The lowest BCUT2D eigenvalue weighted by Crippen LogP contribution is -2.00. The Morgan fingerprint density at radius 3 is 2.53 bits per heavy atom. The minimum atomic E-state index is -0.461. The molecule has 0 saturated heterocycles. The molecule has 0 aliphatic carbocycles. The number of nitrogen functional groups attached to an aromatic ring is 1. The Balaban J connectivity index is 2.35. The van der Waals surface area contributed by atoms with E-state index in [-0.39, 0.29) is 5.69 Å². The molecule has 0 bridgehead atoms. The number of hydrogen-bond acceptors (Lipinski definition) is 4. The number of halogens is 1. The highest BCUT2D eigenvalue weighted by molar-refractivity contribution is 5.76. The molecule has 0 fully saturated rings. The van der Waals surface area contributed by atoms with Crippen molar-refractivity contribution in [3.8, 4) is 11.5 Å². The van der Waals surface area contributed by atoms with Crippen molar-refractivity contribution in [1.29, 1.82) is 0 Å². The summed E-state index contributed by atoms with van der Waals surface area (Å²) in [4.78, 5) is 0. The van der Waals surface area contributed by atoms with Gasteiger partial charge in [0.25, 0.3) is 0 Å². The molecule has 0 unspecified atom stereocenters. The Bertz CT molecular complexity index is 588. The van der Waals surface area contributed by atoms with Gasteiger partial charge in [-0.25, -0.2) is 4.39 Å². The molecule has 0 aliphatic rings. The fraction of sp³-hybridized carbons (Fsp3) is 0.143. The largest absolute Gasteiger partial charge is 0.497 e. The maximum atomic E-state index is 13.4. The number of rotatable bonds is 4. The van der Waals surface area contributed by atoms with Crippen molar-refractivity contribution in [2.75, 3.05) is 25.3 Å². The molecular weight excluding hydrogens is 247 g/mol. The van der Waals surface area contributed by atoms with E-state index in [0.29, 0.717) is 22.9 Å². The van der Waals surface area contributed by atoms with Crippen molar-refractivity contribution in [2.24, 2.45) is 0 Å². The summed E-state index contributed by atoms with van der Waals surface area (Å²) < 4.78 is 23.7. The summed E-state index contributed by atoms with van der Waals surface area (Å²) in [6.07, 6.45) is 0. The zero-order chi connectivity index (χ0) is 13.8. The Labute approximate surface area is 111 Å². The van der Waals surface area contributed by atoms with Crippen molar-refractivity contribution in [3.05, 3.63) is 42.2 Å². The van der Waals surface area contributed by atoms with Crippen molar-refractivity contribution in [2.45, 2.75) is 0 Å². The van der Waals surface area contributed by atoms with Gasteiger partial charge in [0.15, 0.2) is 0 Å². The van der Waals surface area contributed by atoms with Gasteiger partial charge in [-0.15, -0.1) is 0 Å². The monoisotopic (exact) mass is 262 g/mol. The molecule has 0 heterocycles. The summed E-state index contributed by atoms with van der Waals surface area (Å²) in [5, 5.41) is 3.04. The molecule has 0 saturated carbocycles. The normalized spacial score (nSPS) is 10.1. The third kappa shape index (κ3) is 2.70. The number of para-hydroxylation sites is 1. The van der Waals surface area contributed by atoms with E-state index in [1.165, 1.54) is 6.07 Å². The van der Waals surface area contributed by atoms with E-state index < -0.39 is 5.82 Å². The predicted octanol–water partition coefficient (Wildman–Crippen LogP) is 3.17. The van der Waals surface area contributed by atoms with E-state index in [9.17, 15) is 4.39 Å². The van der Waals surface area contributed by atoms with Crippen molar-refractivity contribution >= 4 is 17.1 Å². The molecule has 5 heteroatoms. The minimum absolute atomic E-state index is 0.0698. The van der Waals surface area contributed by atoms with Crippen molar-refractivity contribution in [3.63, 3.8) is 0 Å². The molecule has 19 heavy (non-hydrogen) atoms. The summed E-state index contributed by atoms with van der Waals surface area (Å²) in [5.41, 5.74) is 6.92. The molecule has 4 nitrogen and oxygen atoms in total. The van der Waals surface area contributed by atoms with Crippen LogP contribution in [-0.4, -0.2) is 14.2 Å². The highest BCUT2D eigenvalue weighted by Crippen LogP contribution is 2.33. The molecule has 0 atom stereocenters. The number of methoxy groups -OCH3 is 2. The van der Waals surface area contributed by atoms with Crippen LogP contribution in [0, 0.1) is 5.82 Å². The van der Waals surface area contributed by atoms with Gasteiger partial charge in [-0.2, -0.15) is 0 Å². The fourth-order valence-electron chi connectivity index (χ4n) is 1.69. The second-order valence-electron chi connectivity index (χ2n) is 3.89. The molecule has 2 aromatic rings. The highest BCUT2D eigenvalue weighted by atomic mass is 19.1. The van der Waals surface area contributed by atoms with Crippen LogP contribution in [0.3, 0.4) is 0 Å². The maximum Gasteiger partial charge on any atom is 0.148 e. The SMILES string of the molecule is COc1ccc(Nc2cccc(F)c2N)c(OC)c1. The zero-order valence-corrected chi connectivity index (χ0v) is 10.7. The Morgan fingerprint density at radius 1 is 1.05 bits per heavy atom. The van der Waals surface area contributed by atoms with Crippen LogP contribution in [0.1, 0.15) is 0 Å². The Kier molecular flexibility index (Phi) is 3.75. The van der Waals surface area contributed by atoms with Crippen LogP contribution < -0.4 is 20.5 Å². The van der Waals surface area contributed by atoms with Gasteiger partial charge in [0, 0.05) is 6.07 Å². The lowest BCUT2D eigenvalue weighted by molar-refractivity contribution is 0.395. The Hall–Kier alpha value is -2.43. The van der Waals surface area contributed by atoms with Crippen LogP contribution in [0.15, 0.2) is 36.4 Å². The average Bonchev–Trinajstić information content (AvgIpc) is 2.44. The number of nitrogens with two attached hydrogens (primary N) is 1. The van der Waals surface area contributed by atoms with E-state index >= 15 is 0 Å². The van der Waals surface area contributed by atoms with E-state index in [4.69, 9.17) is 15.2 Å². The van der Waals surface area contributed by atoms with Crippen LogP contribution in [-0.2, 0) is 0 Å². The van der Waals surface area contributed by atoms with Crippen LogP contribution in [0.5, 0.6) is 11.5 Å². The fourth-order valence-corrected chi connectivity index (χ4v) is 1.69. The molecule has 0 spiro atoms. The first-order valence-corrected chi connectivity index (χ1v) is 5.68. The van der Waals surface area contributed by atoms with Crippen LogP contribution in [0.4, 0.5) is 21.5 Å². The lowest BCUT2D eigenvalue weighted by atomic mass is 10.2. The first-order valence-electron chi connectivity index (χ1n) is 5.68. The standard InChI is InChI=1S/C14H15FN2O2/c1-18-9-6-7-11(13(8-9)19-2)17-12-5-3-4-10(15)14(12)16/h3-8,17H,16H2,1-2H3. The van der Waals surface area contributed by atoms with Gasteiger partial charge < -0.3 is 20.5 Å². The number of nitrogens with one attached hydrogen (secondary N) is 1. The van der Waals surface area contributed by atoms with E-state index in [2.05, 4.69) is 5.32 Å². The molecule has 0 aliphatic heterocycles. The quantitative estimate of drug-likeness (QED) is 0.831. The smallest absolute Gasteiger partial charge is 0.148 e. The first kappa shape index (κ1) is 13.0. The zero-order valence-electron chi connectivity index (χ0n) is 10.7. The minimum Gasteiger partial charge on any atom is -0.497 e. The second kappa shape index (κ2) is 5.48. The number of benzene rings is 2. The number of anilines is 3. The van der Waals surface area contributed by atoms with Crippen LogP contribution >= 0.6 is 0 Å². The average molecular weight is 262 g/mol.